The van der Waals surface area contributed by atoms with Crippen LogP contribution in [-0.4, -0.2) is 22.4 Å². The van der Waals surface area contributed by atoms with Gasteiger partial charge in [0.1, 0.15) is 0 Å². The molecule has 132 valence electrons. The van der Waals surface area contributed by atoms with Crippen LogP contribution in [0.4, 0.5) is 8.78 Å². The normalized spacial score (nSPS) is 14.7. The van der Waals surface area contributed by atoms with Crippen molar-refractivity contribution in [2.75, 3.05) is 0 Å². The Morgan fingerprint density at radius 2 is 1.92 bits per heavy atom. The molecule has 6 heteroatoms. The first-order valence-corrected chi connectivity index (χ1v) is 7.78. The van der Waals surface area contributed by atoms with Gasteiger partial charge in [-0.3, -0.25) is 0 Å². The Morgan fingerprint density at radius 1 is 1.28 bits per heavy atom. The van der Waals surface area contributed by atoms with E-state index in [1.165, 1.54) is 4.90 Å². The number of nitrogens with one attached hydrogen (secondary N) is 1. The van der Waals surface area contributed by atoms with Gasteiger partial charge >= 0.3 is 5.97 Å². The number of alkyl halides is 2. The van der Waals surface area contributed by atoms with Crippen LogP contribution in [-0.2, 0) is 17.8 Å². The van der Waals surface area contributed by atoms with Crippen LogP contribution in [0.2, 0.25) is 0 Å². The van der Waals surface area contributed by atoms with Crippen LogP contribution < -0.4 is 5.32 Å². The van der Waals surface area contributed by atoms with Crippen molar-refractivity contribution in [3.8, 4) is 0 Å². The van der Waals surface area contributed by atoms with E-state index in [9.17, 15) is 18.7 Å². The van der Waals surface area contributed by atoms with Crippen molar-refractivity contribution < 1.29 is 18.7 Å². The molecule has 2 N–H and O–H groups in total. The van der Waals surface area contributed by atoms with E-state index in [2.05, 4.69) is 11.9 Å². The van der Waals surface area contributed by atoms with E-state index in [4.69, 9.17) is 0 Å². The predicted octanol–water partition coefficient (Wildman–Crippen LogP) is 3.80. The van der Waals surface area contributed by atoms with Crippen LogP contribution in [0.1, 0.15) is 18.1 Å². The van der Waals surface area contributed by atoms with Crippen molar-refractivity contribution in [2.45, 2.75) is 26.3 Å². The molecule has 0 aromatic heterocycles. The Kier molecular flexibility index (Phi) is 6.11. The average molecular weight is 346 g/mol. The topological polar surface area (TPSA) is 52.6 Å². The molecule has 0 saturated carbocycles. The number of hydrogen-bond acceptors (Lipinski definition) is 3. The molecular weight excluding hydrogens is 326 g/mol. The average Bonchev–Trinajstić information content (AvgIpc) is 2.56. The first-order chi connectivity index (χ1) is 11.9. The number of benzene rings is 1. The number of aliphatic carboxylic acids is 1. The van der Waals surface area contributed by atoms with Gasteiger partial charge in [-0.1, -0.05) is 36.9 Å². The molecule has 1 aliphatic rings. The van der Waals surface area contributed by atoms with Crippen LogP contribution in [0.15, 0.2) is 72.4 Å². The van der Waals surface area contributed by atoms with Crippen LogP contribution in [0.5, 0.6) is 0 Å². The standard InChI is InChI=1S/C19H20F2N2O2/c1-3-10-23-13(2)4-9-16(18(23)19(24)25)22-12-15-7-5-14(6-8-15)11-17(20)21/h3-10,17,22H,2,11-12H2,1H3,(H,24,25)/b10-3-. The summed E-state index contributed by atoms with van der Waals surface area (Å²) in [5.74, 6) is -1.07. The van der Waals surface area contributed by atoms with E-state index >= 15 is 0 Å². The maximum absolute atomic E-state index is 12.4. The molecule has 0 aliphatic carbocycles. The lowest BCUT2D eigenvalue weighted by atomic mass is 10.1. The Morgan fingerprint density at radius 3 is 2.48 bits per heavy atom. The molecule has 1 aromatic rings. The second kappa shape index (κ2) is 8.28. The van der Waals surface area contributed by atoms with Crippen molar-refractivity contribution in [3.05, 3.63) is 83.5 Å². The smallest absolute Gasteiger partial charge is 0.355 e. The van der Waals surface area contributed by atoms with E-state index < -0.39 is 12.4 Å². The molecule has 0 fully saturated rings. The summed E-state index contributed by atoms with van der Waals surface area (Å²) in [6.45, 7) is 6.00. The third-order valence-corrected chi connectivity index (χ3v) is 3.64. The van der Waals surface area contributed by atoms with Gasteiger partial charge in [-0.25, -0.2) is 13.6 Å². The predicted molar refractivity (Wildman–Crippen MR) is 92.6 cm³/mol. The quantitative estimate of drug-likeness (QED) is 0.788. The molecule has 0 saturated heterocycles. The molecule has 0 unspecified atom stereocenters. The Labute approximate surface area is 145 Å². The summed E-state index contributed by atoms with van der Waals surface area (Å²) in [4.78, 5) is 13.1. The lowest BCUT2D eigenvalue weighted by molar-refractivity contribution is -0.134. The van der Waals surface area contributed by atoms with Crippen LogP contribution in [0.25, 0.3) is 0 Å². The summed E-state index contributed by atoms with van der Waals surface area (Å²) in [7, 11) is 0. The SMILES string of the molecule is C=C1C=CC(NCc2ccc(CC(F)F)cc2)=C(C(=O)O)N1/C=C\C. The van der Waals surface area contributed by atoms with Crippen molar-refractivity contribution in [1.29, 1.82) is 0 Å². The maximum atomic E-state index is 12.4. The summed E-state index contributed by atoms with van der Waals surface area (Å²) in [5, 5.41) is 12.6. The van der Waals surface area contributed by atoms with Gasteiger partial charge < -0.3 is 15.3 Å². The Hall–Kier alpha value is -2.89. The van der Waals surface area contributed by atoms with Gasteiger partial charge in [-0.15, -0.1) is 0 Å². The number of carbonyl (C=O) groups is 1. The number of halogens is 2. The van der Waals surface area contributed by atoms with Gasteiger partial charge in [-0.2, -0.15) is 0 Å². The highest BCUT2D eigenvalue weighted by atomic mass is 19.3. The lowest BCUT2D eigenvalue weighted by Gasteiger charge is -2.27. The highest BCUT2D eigenvalue weighted by molar-refractivity contribution is 5.88. The van der Waals surface area contributed by atoms with Crippen molar-refractivity contribution in [3.63, 3.8) is 0 Å². The first kappa shape index (κ1) is 18.4. The second-order valence-electron chi connectivity index (χ2n) is 5.51. The zero-order chi connectivity index (χ0) is 18.4. The molecule has 1 heterocycles. The third-order valence-electron chi connectivity index (χ3n) is 3.64. The summed E-state index contributed by atoms with van der Waals surface area (Å²) in [6.07, 6.45) is 4.11. The molecule has 1 aromatic carbocycles. The fourth-order valence-corrected chi connectivity index (χ4v) is 2.46. The molecule has 0 atom stereocenters. The fraction of sp³-hybridized carbons (Fsp3) is 0.211. The molecule has 2 rings (SSSR count). The molecule has 25 heavy (non-hydrogen) atoms. The van der Waals surface area contributed by atoms with Crippen molar-refractivity contribution in [2.24, 2.45) is 0 Å². The molecular formula is C19H20F2N2O2. The summed E-state index contributed by atoms with van der Waals surface area (Å²) in [6, 6.07) is 6.81. The zero-order valence-electron chi connectivity index (χ0n) is 13.9. The summed E-state index contributed by atoms with van der Waals surface area (Å²) < 4.78 is 24.7. The van der Waals surface area contributed by atoms with Gasteiger partial charge in [0.15, 0.2) is 5.70 Å². The molecule has 0 radical (unpaired) electrons. The second-order valence-corrected chi connectivity index (χ2v) is 5.51. The minimum absolute atomic E-state index is 0.0833. The fourth-order valence-electron chi connectivity index (χ4n) is 2.46. The number of allylic oxidation sites excluding steroid dienone is 3. The van der Waals surface area contributed by atoms with E-state index in [-0.39, 0.29) is 12.1 Å². The number of hydrogen-bond donors (Lipinski definition) is 2. The van der Waals surface area contributed by atoms with Crippen LogP contribution >= 0.6 is 0 Å². The van der Waals surface area contributed by atoms with Crippen LogP contribution in [0.3, 0.4) is 0 Å². The molecule has 4 nitrogen and oxygen atoms in total. The van der Waals surface area contributed by atoms with E-state index in [0.717, 1.165) is 5.56 Å². The van der Waals surface area contributed by atoms with E-state index in [1.54, 1.807) is 55.6 Å². The number of nitrogens with zero attached hydrogens (tertiary/aromatic N) is 1. The number of carboxylic acid groups (broad SMARTS) is 1. The summed E-state index contributed by atoms with van der Waals surface area (Å²) >= 11 is 0. The van der Waals surface area contributed by atoms with Gasteiger partial charge in [-0.05, 0) is 30.2 Å². The highest BCUT2D eigenvalue weighted by Gasteiger charge is 2.23. The molecule has 0 bridgehead atoms. The molecule has 1 aliphatic heterocycles. The number of rotatable bonds is 7. The highest BCUT2D eigenvalue weighted by Crippen LogP contribution is 2.23. The van der Waals surface area contributed by atoms with E-state index in [0.29, 0.717) is 23.5 Å². The van der Waals surface area contributed by atoms with Gasteiger partial charge in [0.2, 0.25) is 6.43 Å². The minimum atomic E-state index is -2.37. The summed E-state index contributed by atoms with van der Waals surface area (Å²) in [5.41, 5.74) is 2.52. The van der Waals surface area contributed by atoms with Gasteiger partial charge in [0.25, 0.3) is 0 Å². The minimum Gasteiger partial charge on any atom is -0.476 e. The van der Waals surface area contributed by atoms with E-state index in [1.807, 2.05) is 0 Å². The van der Waals surface area contributed by atoms with Crippen LogP contribution in [0, 0.1) is 0 Å². The zero-order valence-corrected chi connectivity index (χ0v) is 13.9. The van der Waals surface area contributed by atoms with Gasteiger partial charge in [0, 0.05) is 24.9 Å². The van der Waals surface area contributed by atoms with Crippen molar-refractivity contribution in [1.82, 2.24) is 10.2 Å². The maximum Gasteiger partial charge on any atom is 0.355 e. The largest absolute Gasteiger partial charge is 0.476 e. The van der Waals surface area contributed by atoms with Crippen molar-refractivity contribution >= 4 is 5.97 Å². The Bertz CT molecular complexity index is 734. The molecule has 0 spiro atoms. The number of carboxylic acids is 1. The first-order valence-electron chi connectivity index (χ1n) is 7.78. The third kappa shape index (κ3) is 4.79. The Balaban J connectivity index is 2.15. The molecule has 0 amide bonds. The monoisotopic (exact) mass is 346 g/mol. The lowest BCUT2D eigenvalue weighted by Crippen LogP contribution is -2.29. The van der Waals surface area contributed by atoms with Gasteiger partial charge in [0.05, 0.1) is 5.70 Å².